The fourth-order valence-corrected chi connectivity index (χ4v) is 3.99. The third-order valence-electron chi connectivity index (χ3n) is 4.81. The fourth-order valence-electron chi connectivity index (χ4n) is 3.23. The molecule has 1 atom stereocenters. The maximum atomic E-state index is 14.2. The Morgan fingerprint density at radius 2 is 2.12 bits per heavy atom. The van der Waals surface area contributed by atoms with Gasteiger partial charge in [0.2, 0.25) is 0 Å². The van der Waals surface area contributed by atoms with Crippen LogP contribution in [0.15, 0.2) is 48.8 Å². The first-order chi connectivity index (χ1) is 15.7. The van der Waals surface area contributed by atoms with Gasteiger partial charge in [-0.05, 0) is 49.7 Å². The number of aromatic nitrogens is 2. The van der Waals surface area contributed by atoms with Crippen LogP contribution in [0.1, 0.15) is 41.9 Å². The van der Waals surface area contributed by atoms with E-state index in [1.165, 1.54) is 23.5 Å². The lowest BCUT2D eigenvalue weighted by Crippen LogP contribution is -2.37. The van der Waals surface area contributed by atoms with Gasteiger partial charge < -0.3 is 21.3 Å². The van der Waals surface area contributed by atoms with Crippen molar-refractivity contribution in [2.24, 2.45) is 0 Å². The van der Waals surface area contributed by atoms with Crippen LogP contribution in [0.4, 0.5) is 21.0 Å². The highest BCUT2D eigenvalue weighted by Gasteiger charge is 2.16. The smallest absolute Gasteiger partial charge is 0.251 e. The number of rotatable bonds is 8. The van der Waals surface area contributed by atoms with Crippen LogP contribution in [-0.2, 0) is 6.54 Å². The highest BCUT2D eigenvalue weighted by atomic mass is 32.1. The molecule has 0 aliphatic carbocycles. The number of thiazole rings is 1. The topological polar surface area (TPSA) is 91.0 Å². The molecule has 4 rings (SSSR count). The molecule has 1 amide bonds. The van der Waals surface area contributed by atoms with Gasteiger partial charge in [0.05, 0.1) is 12.2 Å². The molecule has 0 spiro atoms. The van der Waals surface area contributed by atoms with Crippen molar-refractivity contribution in [2.75, 3.05) is 23.7 Å². The van der Waals surface area contributed by atoms with Crippen molar-refractivity contribution in [3.8, 4) is 0 Å². The third-order valence-corrected chi connectivity index (χ3v) is 5.72. The summed E-state index contributed by atoms with van der Waals surface area (Å²) in [6.45, 7) is 5.96. The second kappa shape index (κ2) is 12.1. The molecule has 170 valence electrons. The third kappa shape index (κ3) is 6.73. The highest BCUT2D eigenvalue weighted by molar-refractivity contribution is 7.15. The Balaban J connectivity index is 0.00000141. The summed E-state index contributed by atoms with van der Waals surface area (Å²) in [5.41, 5.74) is 0.716. The van der Waals surface area contributed by atoms with Crippen molar-refractivity contribution in [3.05, 3.63) is 65.0 Å². The molecule has 0 saturated carbocycles. The van der Waals surface area contributed by atoms with Crippen molar-refractivity contribution >= 4 is 33.9 Å². The number of nitrogens with zero attached hydrogens (tertiary/aromatic N) is 2. The summed E-state index contributed by atoms with van der Waals surface area (Å²) in [4.78, 5) is 21.9. The van der Waals surface area contributed by atoms with Crippen molar-refractivity contribution in [3.63, 3.8) is 0 Å². The van der Waals surface area contributed by atoms with Crippen LogP contribution in [0.2, 0.25) is 0 Å². The standard InChI is InChI=1S/C21H23FN6OS.C2H6/c22-17-7-6-14(20(29)26-11-15-4-3-9-23-15)10-18(17)25-12-16-13-27-21(30-16)28-19-5-1-2-8-24-19;1-2/h1-2,5-8,10,13,15,23,25H,3-4,9,11-12H2,(H,26,29)(H,24,27,28);1-2H3. The number of nitrogens with one attached hydrogen (secondary N) is 4. The van der Waals surface area contributed by atoms with E-state index >= 15 is 0 Å². The van der Waals surface area contributed by atoms with E-state index in [4.69, 9.17) is 0 Å². The molecule has 1 fully saturated rings. The molecule has 0 radical (unpaired) electrons. The number of benzene rings is 1. The maximum absolute atomic E-state index is 14.2. The number of hydrogen-bond acceptors (Lipinski definition) is 7. The molecule has 3 heterocycles. The predicted molar refractivity (Wildman–Crippen MR) is 128 cm³/mol. The SMILES string of the molecule is CC.O=C(NCC1CCCN1)c1ccc(F)c(NCc2cnc(Nc3ccccn3)s2)c1. The Hall–Kier alpha value is -3.04. The van der Waals surface area contributed by atoms with Gasteiger partial charge in [-0.15, -0.1) is 0 Å². The molecular weight excluding hydrogens is 427 g/mol. The lowest BCUT2D eigenvalue weighted by molar-refractivity contribution is 0.0950. The molecule has 1 unspecified atom stereocenters. The molecule has 7 nitrogen and oxygen atoms in total. The summed E-state index contributed by atoms with van der Waals surface area (Å²) in [6.07, 6.45) is 5.62. The zero-order valence-corrected chi connectivity index (χ0v) is 19.1. The minimum Gasteiger partial charge on any atom is -0.378 e. The van der Waals surface area contributed by atoms with E-state index in [2.05, 4.69) is 31.2 Å². The second-order valence-electron chi connectivity index (χ2n) is 7.02. The maximum Gasteiger partial charge on any atom is 0.251 e. The van der Waals surface area contributed by atoms with E-state index in [1.807, 2.05) is 32.0 Å². The van der Waals surface area contributed by atoms with Crippen molar-refractivity contribution in [1.82, 2.24) is 20.6 Å². The Labute approximate surface area is 191 Å². The zero-order chi connectivity index (χ0) is 22.8. The first-order valence-electron chi connectivity index (χ1n) is 10.8. The van der Waals surface area contributed by atoms with Gasteiger partial charge in [-0.25, -0.2) is 14.4 Å². The van der Waals surface area contributed by atoms with Crippen LogP contribution < -0.4 is 21.3 Å². The van der Waals surface area contributed by atoms with Gasteiger partial charge in [0, 0.05) is 35.4 Å². The molecule has 32 heavy (non-hydrogen) atoms. The van der Waals surface area contributed by atoms with E-state index < -0.39 is 5.82 Å². The minimum absolute atomic E-state index is 0.202. The molecule has 2 aromatic heterocycles. The average molecular weight is 457 g/mol. The molecule has 0 bridgehead atoms. The summed E-state index contributed by atoms with van der Waals surface area (Å²) in [6, 6.07) is 10.3. The number of pyridine rings is 1. The average Bonchev–Trinajstić information content (AvgIpc) is 3.51. The lowest BCUT2D eigenvalue weighted by atomic mass is 10.1. The van der Waals surface area contributed by atoms with Gasteiger partial charge in [0.1, 0.15) is 11.6 Å². The van der Waals surface area contributed by atoms with Crippen LogP contribution in [0, 0.1) is 5.82 Å². The first-order valence-corrected chi connectivity index (χ1v) is 11.7. The molecule has 1 aliphatic heterocycles. The van der Waals surface area contributed by atoms with Crippen LogP contribution in [0.3, 0.4) is 0 Å². The zero-order valence-electron chi connectivity index (χ0n) is 18.3. The van der Waals surface area contributed by atoms with E-state index in [0.717, 1.165) is 24.3 Å². The van der Waals surface area contributed by atoms with Crippen LogP contribution in [0.5, 0.6) is 0 Å². The Morgan fingerprint density at radius 3 is 2.88 bits per heavy atom. The van der Waals surface area contributed by atoms with Gasteiger partial charge in [-0.2, -0.15) is 0 Å². The Morgan fingerprint density at radius 1 is 1.25 bits per heavy atom. The lowest BCUT2D eigenvalue weighted by Gasteiger charge is -2.12. The molecule has 1 saturated heterocycles. The van der Waals surface area contributed by atoms with Crippen molar-refractivity contribution in [2.45, 2.75) is 39.3 Å². The number of amides is 1. The highest BCUT2D eigenvalue weighted by Crippen LogP contribution is 2.23. The van der Waals surface area contributed by atoms with Gasteiger partial charge in [0.15, 0.2) is 5.13 Å². The number of carbonyl (C=O) groups excluding carboxylic acids is 1. The van der Waals surface area contributed by atoms with Crippen molar-refractivity contribution in [1.29, 1.82) is 0 Å². The van der Waals surface area contributed by atoms with Gasteiger partial charge in [-0.1, -0.05) is 31.3 Å². The molecule has 1 aliphatic rings. The van der Waals surface area contributed by atoms with E-state index in [9.17, 15) is 9.18 Å². The Kier molecular flexibility index (Phi) is 8.94. The minimum atomic E-state index is -0.402. The van der Waals surface area contributed by atoms with Gasteiger partial charge in [0.25, 0.3) is 5.91 Å². The molecule has 1 aromatic carbocycles. The number of hydrogen-bond donors (Lipinski definition) is 4. The summed E-state index contributed by atoms with van der Waals surface area (Å²) < 4.78 is 14.2. The van der Waals surface area contributed by atoms with Gasteiger partial charge in [-0.3, -0.25) is 4.79 Å². The summed E-state index contributed by atoms with van der Waals surface area (Å²) in [5, 5.41) is 13.2. The predicted octanol–water partition coefficient (Wildman–Crippen LogP) is 4.54. The molecule has 3 aromatic rings. The number of halogens is 1. The molecular formula is C23H29FN6OS. The normalized spacial score (nSPS) is 14.9. The van der Waals surface area contributed by atoms with Gasteiger partial charge >= 0.3 is 0 Å². The van der Waals surface area contributed by atoms with E-state index in [1.54, 1.807) is 18.5 Å². The number of carbonyl (C=O) groups is 1. The van der Waals surface area contributed by atoms with Crippen LogP contribution >= 0.6 is 11.3 Å². The molecule has 9 heteroatoms. The summed E-state index contributed by atoms with van der Waals surface area (Å²) >= 11 is 1.45. The summed E-state index contributed by atoms with van der Waals surface area (Å²) in [7, 11) is 0. The summed E-state index contributed by atoms with van der Waals surface area (Å²) in [5.74, 6) is 0.107. The largest absolute Gasteiger partial charge is 0.378 e. The van der Waals surface area contributed by atoms with Crippen LogP contribution in [0.25, 0.3) is 0 Å². The van der Waals surface area contributed by atoms with Crippen molar-refractivity contribution < 1.29 is 9.18 Å². The van der Waals surface area contributed by atoms with E-state index in [0.29, 0.717) is 35.6 Å². The number of anilines is 3. The van der Waals surface area contributed by atoms with Crippen LogP contribution in [-0.4, -0.2) is 35.0 Å². The first kappa shape index (κ1) is 23.6. The fraction of sp³-hybridized carbons (Fsp3) is 0.348. The quantitative estimate of drug-likeness (QED) is 0.398. The Bertz CT molecular complexity index is 991. The second-order valence-corrected chi connectivity index (χ2v) is 8.14. The molecule has 4 N–H and O–H groups in total. The van der Waals surface area contributed by atoms with E-state index in [-0.39, 0.29) is 11.6 Å². The monoisotopic (exact) mass is 456 g/mol.